The van der Waals surface area contributed by atoms with Crippen LogP contribution in [0.2, 0.25) is 0 Å². The Hall–Kier alpha value is -1.35. The minimum absolute atomic E-state index is 0.257. The number of nitrogens with two attached hydrogens (primary N) is 1. The van der Waals surface area contributed by atoms with Crippen LogP contribution in [-0.4, -0.2) is 11.9 Å². The molecule has 0 aromatic heterocycles. The summed E-state index contributed by atoms with van der Waals surface area (Å²) in [5, 5.41) is 3.36. The van der Waals surface area contributed by atoms with Crippen molar-refractivity contribution in [3.63, 3.8) is 0 Å². The van der Waals surface area contributed by atoms with E-state index in [9.17, 15) is 4.79 Å². The molecule has 1 aromatic carbocycles. The first-order valence-electron chi connectivity index (χ1n) is 6.29. The molecule has 0 radical (unpaired) electrons. The van der Waals surface area contributed by atoms with Gasteiger partial charge in [-0.2, -0.15) is 0 Å². The molecule has 1 amide bonds. The van der Waals surface area contributed by atoms with Crippen LogP contribution in [0.15, 0.2) is 30.3 Å². The molecule has 0 spiro atoms. The largest absolute Gasteiger partial charge is 0.368 e. The minimum atomic E-state index is -0.287. The van der Waals surface area contributed by atoms with Gasteiger partial charge in [0.15, 0.2) is 0 Å². The van der Waals surface area contributed by atoms with Gasteiger partial charge in [0.25, 0.3) is 0 Å². The van der Waals surface area contributed by atoms with Crippen molar-refractivity contribution in [1.29, 1.82) is 0 Å². The Labute approximate surface area is 102 Å². The lowest BCUT2D eigenvalue weighted by atomic mass is 9.77. The Bertz CT molecular complexity index is 373. The Morgan fingerprint density at radius 2 is 2.00 bits per heavy atom. The molecule has 1 aromatic rings. The molecule has 2 unspecified atom stereocenters. The highest BCUT2D eigenvalue weighted by atomic mass is 16.1. The molecular weight excluding hydrogens is 212 g/mol. The van der Waals surface area contributed by atoms with Gasteiger partial charge in [-0.25, -0.2) is 0 Å². The number of benzene rings is 1. The van der Waals surface area contributed by atoms with E-state index < -0.39 is 0 Å². The average molecular weight is 232 g/mol. The lowest BCUT2D eigenvalue weighted by molar-refractivity contribution is -0.120. The molecule has 92 valence electrons. The molecule has 3 heteroatoms. The Morgan fingerprint density at radius 3 is 2.47 bits per heavy atom. The van der Waals surface area contributed by atoms with Gasteiger partial charge in [0, 0.05) is 6.04 Å². The molecule has 0 saturated heterocycles. The van der Waals surface area contributed by atoms with Gasteiger partial charge in [0.05, 0.1) is 6.04 Å². The summed E-state index contributed by atoms with van der Waals surface area (Å²) in [6.07, 6.45) is 3.76. The molecule has 0 aliphatic heterocycles. The normalized spacial score (nSPS) is 19.4. The zero-order valence-corrected chi connectivity index (χ0v) is 10.2. The van der Waals surface area contributed by atoms with E-state index in [1.165, 1.54) is 24.8 Å². The fourth-order valence-electron chi connectivity index (χ4n) is 2.29. The predicted molar refractivity (Wildman–Crippen MR) is 68.3 cm³/mol. The molecule has 0 bridgehead atoms. The number of hydrogen-bond acceptors (Lipinski definition) is 2. The van der Waals surface area contributed by atoms with Gasteiger partial charge in [-0.1, -0.05) is 36.8 Å². The third kappa shape index (κ3) is 2.86. The summed E-state index contributed by atoms with van der Waals surface area (Å²) in [6.45, 7) is 1.83. The number of amides is 1. The smallest absolute Gasteiger partial charge is 0.234 e. The van der Waals surface area contributed by atoms with Crippen molar-refractivity contribution in [1.82, 2.24) is 5.32 Å². The summed E-state index contributed by atoms with van der Waals surface area (Å²) in [5.41, 5.74) is 6.58. The molecule has 2 rings (SSSR count). The second kappa shape index (κ2) is 5.32. The molecule has 2 atom stereocenters. The lowest BCUT2D eigenvalue weighted by Gasteiger charge is -2.36. The first-order valence-corrected chi connectivity index (χ1v) is 6.29. The van der Waals surface area contributed by atoms with Crippen molar-refractivity contribution in [2.24, 2.45) is 11.7 Å². The Kier molecular flexibility index (Phi) is 3.79. The summed E-state index contributed by atoms with van der Waals surface area (Å²) in [6, 6.07) is 10.3. The zero-order valence-electron chi connectivity index (χ0n) is 10.2. The van der Waals surface area contributed by atoms with Gasteiger partial charge in [0.1, 0.15) is 0 Å². The van der Waals surface area contributed by atoms with Crippen LogP contribution in [0.25, 0.3) is 0 Å². The monoisotopic (exact) mass is 232 g/mol. The minimum Gasteiger partial charge on any atom is -0.368 e. The Morgan fingerprint density at radius 1 is 1.35 bits per heavy atom. The van der Waals surface area contributed by atoms with Crippen LogP contribution in [0.5, 0.6) is 0 Å². The molecule has 17 heavy (non-hydrogen) atoms. The van der Waals surface area contributed by atoms with Crippen LogP contribution < -0.4 is 11.1 Å². The van der Waals surface area contributed by atoms with E-state index in [1.54, 1.807) is 0 Å². The summed E-state index contributed by atoms with van der Waals surface area (Å²) < 4.78 is 0. The number of nitrogens with one attached hydrogen (secondary N) is 1. The first-order chi connectivity index (χ1) is 8.18. The second-order valence-electron chi connectivity index (χ2n) is 4.87. The van der Waals surface area contributed by atoms with Crippen LogP contribution >= 0.6 is 0 Å². The van der Waals surface area contributed by atoms with E-state index in [-0.39, 0.29) is 18.0 Å². The molecule has 1 fully saturated rings. The van der Waals surface area contributed by atoms with Crippen LogP contribution in [0.4, 0.5) is 0 Å². The van der Waals surface area contributed by atoms with E-state index >= 15 is 0 Å². The number of carbonyl (C=O) groups excluding carboxylic acids is 1. The highest BCUT2D eigenvalue weighted by Gasteiger charge is 2.29. The van der Waals surface area contributed by atoms with Crippen LogP contribution in [-0.2, 0) is 4.79 Å². The van der Waals surface area contributed by atoms with Gasteiger partial charge in [-0.05, 0) is 31.2 Å². The van der Waals surface area contributed by atoms with E-state index in [0.717, 1.165) is 0 Å². The molecular formula is C14H20N2O. The number of primary amides is 1. The third-order valence-corrected chi connectivity index (χ3v) is 3.64. The maximum atomic E-state index is 11.2. The molecule has 1 saturated carbocycles. The summed E-state index contributed by atoms with van der Waals surface area (Å²) in [4.78, 5) is 11.2. The van der Waals surface area contributed by atoms with Crippen molar-refractivity contribution in [2.45, 2.75) is 38.3 Å². The van der Waals surface area contributed by atoms with E-state index in [1.807, 2.05) is 25.1 Å². The standard InChI is InChI=1S/C14H20N2O/c1-10(14(15)17)16-13(12-8-5-9-12)11-6-3-2-4-7-11/h2-4,6-7,10,12-13,16H,5,8-9H2,1H3,(H2,15,17). The molecule has 1 aliphatic rings. The SMILES string of the molecule is CC(NC(c1ccccc1)C1CCC1)C(N)=O. The zero-order chi connectivity index (χ0) is 12.3. The van der Waals surface area contributed by atoms with Crippen molar-refractivity contribution in [3.8, 4) is 0 Å². The fourth-order valence-corrected chi connectivity index (χ4v) is 2.29. The van der Waals surface area contributed by atoms with Crippen LogP contribution in [0.3, 0.4) is 0 Å². The van der Waals surface area contributed by atoms with E-state index in [4.69, 9.17) is 5.73 Å². The highest BCUT2D eigenvalue weighted by molar-refractivity contribution is 5.79. The number of hydrogen-bond donors (Lipinski definition) is 2. The van der Waals surface area contributed by atoms with Gasteiger partial charge in [-0.15, -0.1) is 0 Å². The summed E-state index contributed by atoms with van der Waals surface area (Å²) in [5.74, 6) is 0.351. The lowest BCUT2D eigenvalue weighted by Crippen LogP contribution is -2.44. The average Bonchev–Trinajstić information content (AvgIpc) is 2.26. The predicted octanol–water partition coefficient (Wildman–Crippen LogP) is 1.99. The fraction of sp³-hybridized carbons (Fsp3) is 0.500. The van der Waals surface area contributed by atoms with Crippen molar-refractivity contribution >= 4 is 5.91 Å². The van der Waals surface area contributed by atoms with Crippen molar-refractivity contribution in [3.05, 3.63) is 35.9 Å². The van der Waals surface area contributed by atoms with Gasteiger partial charge in [0.2, 0.25) is 5.91 Å². The van der Waals surface area contributed by atoms with Crippen LogP contribution in [0, 0.1) is 5.92 Å². The molecule has 3 N–H and O–H groups in total. The highest BCUT2D eigenvalue weighted by Crippen LogP contribution is 2.37. The summed E-state index contributed by atoms with van der Waals surface area (Å²) in [7, 11) is 0. The quantitative estimate of drug-likeness (QED) is 0.815. The second-order valence-corrected chi connectivity index (χ2v) is 4.87. The van der Waals surface area contributed by atoms with Gasteiger partial charge < -0.3 is 5.73 Å². The molecule has 0 heterocycles. The molecule has 3 nitrogen and oxygen atoms in total. The van der Waals surface area contributed by atoms with Crippen LogP contribution in [0.1, 0.15) is 37.8 Å². The number of carbonyl (C=O) groups is 1. The maximum absolute atomic E-state index is 11.2. The Balaban J connectivity index is 2.11. The maximum Gasteiger partial charge on any atom is 0.234 e. The van der Waals surface area contributed by atoms with Gasteiger partial charge in [-0.3, -0.25) is 10.1 Å². The van der Waals surface area contributed by atoms with E-state index in [2.05, 4.69) is 17.4 Å². The topological polar surface area (TPSA) is 55.1 Å². The first kappa shape index (κ1) is 12.1. The molecule has 1 aliphatic carbocycles. The van der Waals surface area contributed by atoms with Crippen molar-refractivity contribution < 1.29 is 4.79 Å². The third-order valence-electron chi connectivity index (χ3n) is 3.64. The number of rotatable bonds is 5. The van der Waals surface area contributed by atoms with Gasteiger partial charge >= 0.3 is 0 Å². The van der Waals surface area contributed by atoms with Crippen molar-refractivity contribution in [2.75, 3.05) is 0 Å². The van der Waals surface area contributed by atoms with E-state index in [0.29, 0.717) is 5.92 Å². The summed E-state index contributed by atoms with van der Waals surface area (Å²) >= 11 is 0.